The zero-order chi connectivity index (χ0) is 17.6. The van der Waals surface area contributed by atoms with Crippen molar-refractivity contribution >= 4 is 22.4 Å². The molecule has 1 atom stereocenters. The molecule has 3 N–H and O–H groups in total. The predicted octanol–water partition coefficient (Wildman–Crippen LogP) is 3.70. The van der Waals surface area contributed by atoms with Crippen LogP contribution < -0.4 is 4.31 Å². The van der Waals surface area contributed by atoms with Gasteiger partial charge < -0.3 is 5.11 Å². The summed E-state index contributed by atoms with van der Waals surface area (Å²) in [6.45, 7) is 3.55. The number of halogens is 1. The number of carboxylic acids is 1. The molecule has 1 aromatic heterocycles. The molecule has 0 bridgehead atoms. The number of carboxylic acid groups (broad SMARTS) is 1. The minimum absolute atomic E-state index is 0.0428. The van der Waals surface area contributed by atoms with Gasteiger partial charge in [-0.2, -0.15) is 0 Å². The number of anilines is 1. The largest absolute Gasteiger partial charge is 0.478 e. The molecule has 24 heavy (non-hydrogen) atoms. The summed E-state index contributed by atoms with van der Waals surface area (Å²) in [6.07, 6.45) is 0.424. The van der Waals surface area contributed by atoms with Crippen LogP contribution in [0.1, 0.15) is 28.7 Å². The Morgan fingerprint density at radius 1 is 1.33 bits per heavy atom. The Hall–Kier alpha value is -2.16. The van der Waals surface area contributed by atoms with Gasteiger partial charge in [0.05, 0.1) is 23.0 Å². The summed E-state index contributed by atoms with van der Waals surface area (Å²) in [4.78, 5) is 15.6. The maximum absolute atomic E-state index is 14.4. The first-order valence-electron chi connectivity index (χ1n) is 7.29. The van der Waals surface area contributed by atoms with Gasteiger partial charge in [-0.25, -0.2) is 9.18 Å². The minimum Gasteiger partial charge on any atom is -0.478 e. The van der Waals surface area contributed by atoms with Crippen molar-refractivity contribution in [3.63, 3.8) is 0 Å². The van der Waals surface area contributed by atoms with Crippen molar-refractivity contribution in [3.05, 3.63) is 53.1 Å². The highest BCUT2D eigenvalue weighted by molar-refractivity contribution is 8.25. The third-order valence-corrected chi connectivity index (χ3v) is 6.03. The van der Waals surface area contributed by atoms with E-state index in [1.165, 1.54) is 16.4 Å². The summed E-state index contributed by atoms with van der Waals surface area (Å²) in [5.74, 6) is -2.06. The van der Waals surface area contributed by atoms with Crippen molar-refractivity contribution in [1.82, 2.24) is 4.98 Å². The van der Waals surface area contributed by atoms with Crippen LogP contribution in [0.4, 0.5) is 10.1 Å². The van der Waals surface area contributed by atoms with Crippen molar-refractivity contribution in [2.24, 2.45) is 0 Å². The first kappa shape index (κ1) is 16.7. The van der Waals surface area contributed by atoms with Crippen molar-refractivity contribution in [2.75, 3.05) is 4.31 Å². The van der Waals surface area contributed by atoms with Crippen LogP contribution in [0.3, 0.4) is 0 Å². The van der Waals surface area contributed by atoms with Crippen LogP contribution in [0, 0.1) is 12.7 Å². The second-order valence-electron chi connectivity index (χ2n) is 5.77. The lowest BCUT2D eigenvalue weighted by molar-refractivity contribution is 0.0696. The van der Waals surface area contributed by atoms with E-state index < -0.39 is 28.6 Å². The highest BCUT2D eigenvalue weighted by Crippen LogP contribution is 2.58. The summed E-state index contributed by atoms with van der Waals surface area (Å²) in [6, 6.07) is 6.23. The van der Waals surface area contributed by atoms with Crippen molar-refractivity contribution < 1.29 is 23.4 Å². The molecule has 1 aliphatic rings. The fourth-order valence-corrected chi connectivity index (χ4v) is 4.81. The number of aromatic carboxylic acids is 1. The van der Waals surface area contributed by atoms with Gasteiger partial charge in [-0.15, -0.1) is 0 Å². The summed E-state index contributed by atoms with van der Waals surface area (Å²) in [7, 11) is -3.47. The SMILES string of the molecule is Cc1ccc2c(n1)CC(C)N(c1ccc(C(=O)O)cc1F)S2(O)O. The Morgan fingerprint density at radius 3 is 2.67 bits per heavy atom. The van der Waals surface area contributed by atoms with E-state index in [1.54, 1.807) is 19.1 Å². The lowest BCUT2D eigenvalue weighted by atomic mass is 10.1. The average Bonchev–Trinajstić information content (AvgIpc) is 2.47. The van der Waals surface area contributed by atoms with Crippen LogP contribution in [0.15, 0.2) is 35.2 Å². The molecular formula is C16H17FN2O4S. The molecule has 2 heterocycles. The Labute approximate surface area is 140 Å². The number of hydrogen-bond acceptors (Lipinski definition) is 5. The van der Waals surface area contributed by atoms with Crippen LogP contribution in [-0.2, 0) is 6.42 Å². The number of aromatic nitrogens is 1. The quantitative estimate of drug-likeness (QED) is 0.763. The second kappa shape index (κ2) is 5.73. The van der Waals surface area contributed by atoms with Crippen molar-refractivity contribution in [2.45, 2.75) is 31.2 Å². The highest BCUT2D eigenvalue weighted by Gasteiger charge is 2.38. The van der Waals surface area contributed by atoms with Gasteiger partial charge in [-0.1, -0.05) is 10.8 Å². The highest BCUT2D eigenvalue weighted by atomic mass is 32.3. The molecule has 0 fully saturated rings. The Bertz CT molecular complexity index is 828. The maximum Gasteiger partial charge on any atom is 0.335 e. The number of aryl methyl sites for hydroxylation is 1. The topological polar surface area (TPSA) is 93.9 Å². The summed E-state index contributed by atoms with van der Waals surface area (Å²) >= 11 is 0. The third-order valence-electron chi connectivity index (χ3n) is 3.96. The minimum atomic E-state index is -3.47. The zero-order valence-electron chi connectivity index (χ0n) is 13.1. The number of hydrogen-bond donors (Lipinski definition) is 3. The smallest absolute Gasteiger partial charge is 0.335 e. The zero-order valence-corrected chi connectivity index (χ0v) is 13.9. The Balaban J connectivity index is 2.11. The van der Waals surface area contributed by atoms with Crippen LogP contribution in [0.5, 0.6) is 0 Å². The van der Waals surface area contributed by atoms with Gasteiger partial charge in [0.2, 0.25) is 0 Å². The number of benzene rings is 1. The predicted molar refractivity (Wildman–Crippen MR) is 89.1 cm³/mol. The fraction of sp³-hybridized carbons (Fsp3) is 0.250. The molecule has 128 valence electrons. The second-order valence-corrected chi connectivity index (χ2v) is 7.64. The monoisotopic (exact) mass is 352 g/mol. The Kier molecular flexibility index (Phi) is 3.98. The fourth-order valence-electron chi connectivity index (χ4n) is 2.91. The van der Waals surface area contributed by atoms with Gasteiger partial charge in [0.15, 0.2) is 0 Å². The molecule has 1 unspecified atom stereocenters. The molecular weight excluding hydrogens is 335 g/mol. The molecule has 3 rings (SSSR count). The molecule has 0 aliphatic carbocycles. The average molecular weight is 352 g/mol. The van der Waals surface area contributed by atoms with Gasteiger partial charge in [0, 0.05) is 12.1 Å². The molecule has 2 aromatic rings. The van der Waals surface area contributed by atoms with Gasteiger partial charge in [-0.05, 0) is 44.2 Å². The van der Waals surface area contributed by atoms with Crippen LogP contribution in [0.25, 0.3) is 0 Å². The lowest BCUT2D eigenvalue weighted by Crippen LogP contribution is -2.42. The first-order valence-corrected chi connectivity index (χ1v) is 8.79. The van der Waals surface area contributed by atoms with Crippen molar-refractivity contribution in [1.29, 1.82) is 0 Å². The standard InChI is InChI=1S/C16H17FN2O4S/c1-9-3-6-15-13(18-9)7-10(2)19(24(15,22)23)14-5-4-11(16(20)21)8-12(14)17/h3-6,8,10,22-23H,7H2,1-2H3,(H,20,21). The molecule has 0 saturated heterocycles. The van der Waals surface area contributed by atoms with Crippen LogP contribution in [0.2, 0.25) is 0 Å². The summed E-state index contributed by atoms with van der Waals surface area (Å²) in [5.41, 5.74) is 1.11. The summed E-state index contributed by atoms with van der Waals surface area (Å²) < 4.78 is 37.1. The van der Waals surface area contributed by atoms with E-state index in [9.17, 15) is 18.3 Å². The van der Waals surface area contributed by atoms with E-state index in [4.69, 9.17) is 5.11 Å². The molecule has 1 aliphatic heterocycles. The van der Waals surface area contributed by atoms with Crippen molar-refractivity contribution in [3.8, 4) is 0 Å². The molecule has 0 spiro atoms. The van der Waals surface area contributed by atoms with E-state index in [0.29, 0.717) is 12.1 Å². The van der Waals surface area contributed by atoms with Gasteiger partial charge >= 0.3 is 5.97 Å². The first-order chi connectivity index (χ1) is 11.2. The van der Waals surface area contributed by atoms with E-state index in [0.717, 1.165) is 11.8 Å². The molecule has 1 aromatic carbocycles. The van der Waals surface area contributed by atoms with Gasteiger partial charge in [-0.3, -0.25) is 18.4 Å². The van der Waals surface area contributed by atoms with Crippen LogP contribution >= 0.6 is 10.8 Å². The normalized spacial score (nSPS) is 20.4. The van der Waals surface area contributed by atoms with Gasteiger partial charge in [0.25, 0.3) is 0 Å². The molecule has 0 radical (unpaired) electrons. The van der Waals surface area contributed by atoms with Gasteiger partial charge in [0.1, 0.15) is 10.7 Å². The van der Waals surface area contributed by atoms with E-state index in [2.05, 4.69) is 4.98 Å². The number of carbonyl (C=O) groups is 1. The molecule has 0 saturated carbocycles. The number of fused-ring (bicyclic) bond motifs is 1. The lowest BCUT2D eigenvalue weighted by Gasteiger charge is -2.51. The van der Waals surface area contributed by atoms with E-state index >= 15 is 0 Å². The molecule has 8 heteroatoms. The number of pyridine rings is 1. The Morgan fingerprint density at radius 2 is 2.04 bits per heavy atom. The molecule has 0 amide bonds. The number of rotatable bonds is 2. The van der Waals surface area contributed by atoms with Crippen LogP contribution in [-0.4, -0.2) is 31.2 Å². The van der Waals surface area contributed by atoms with E-state index in [1.807, 2.05) is 6.92 Å². The third kappa shape index (κ3) is 2.62. The molecule has 6 nitrogen and oxygen atoms in total. The van der Waals surface area contributed by atoms with E-state index in [-0.39, 0.29) is 16.1 Å². The maximum atomic E-state index is 14.4. The number of nitrogens with zero attached hydrogens (tertiary/aromatic N) is 2. The summed E-state index contributed by atoms with van der Waals surface area (Å²) in [5, 5.41) is 8.94.